The quantitative estimate of drug-likeness (QED) is 0.181. The molecule has 0 saturated carbocycles. The van der Waals surface area contributed by atoms with E-state index in [1.54, 1.807) is 0 Å². The van der Waals surface area contributed by atoms with Crippen LogP contribution in [0.3, 0.4) is 0 Å². The summed E-state index contributed by atoms with van der Waals surface area (Å²) < 4.78 is 17.9. The Hall–Kier alpha value is -6.26. The van der Waals surface area contributed by atoms with Crippen molar-refractivity contribution in [3.8, 4) is 45.5 Å². The van der Waals surface area contributed by atoms with E-state index in [1.165, 1.54) is 49.5 Å². The second-order valence-electron chi connectivity index (χ2n) is 17.0. The normalized spacial score (nSPS) is 13.5. The summed E-state index contributed by atoms with van der Waals surface area (Å²) in [7, 11) is 0. The molecule has 0 fully saturated rings. The molecule has 4 heteroatoms. The molecule has 270 valence electrons. The lowest BCUT2D eigenvalue weighted by atomic mass is 9.87. The number of para-hydroxylation sites is 2. The van der Waals surface area contributed by atoms with Gasteiger partial charge in [-0.25, -0.2) is 0 Å². The first-order valence-electron chi connectivity index (χ1n) is 19.3. The summed E-state index contributed by atoms with van der Waals surface area (Å²) in [5.41, 5.74) is 13.9. The largest absolute Gasteiger partial charge is 0.453 e. The van der Waals surface area contributed by atoms with Gasteiger partial charge in [-0.3, -0.25) is 0 Å². The van der Waals surface area contributed by atoms with Gasteiger partial charge >= 0.3 is 0 Å². The van der Waals surface area contributed by atoms with Gasteiger partial charge in [-0.15, -0.1) is 0 Å². The number of rotatable bonds is 4. The highest BCUT2D eigenvalue weighted by molar-refractivity contribution is 6.13. The zero-order chi connectivity index (χ0) is 37.8. The van der Waals surface area contributed by atoms with Crippen molar-refractivity contribution in [2.24, 2.45) is 0 Å². The lowest BCUT2D eigenvalue weighted by Gasteiger charge is -2.25. The Bertz CT molecular complexity index is 2950. The molecule has 2 aliphatic rings. The SMILES string of the molecule is C/C=C\c1c(/C=C/c2cccc(-c3ccc4c(c3)c3cccc5c3n4-c3ccc(C(C)(C)C)cc3O5)c2)c2cccc3c2n1-c1ccc(C(C)(C)C)cc1O3. The van der Waals surface area contributed by atoms with Gasteiger partial charge in [0.05, 0.1) is 33.6 Å². The van der Waals surface area contributed by atoms with E-state index in [4.69, 9.17) is 9.47 Å². The molecule has 0 amide bonds. The van der Waals surface area contributed by atoms with Crippen molar-refractivity contribution in [1.29, 1.82) is 0 Å². The van der Waals surface area contributed by atoms with Gasteiger partial charge in [0.15, 0.2) is 23.0 Å². The van der Waals surface area contributed by atoms with E-state index >= 15 is 0 Å². The summed E-state index contributed by atoms with van der Waals surface area (Å²) in [6.45, 7) is 15.5. The summed E-state index contributed by atoms with van der Waals surface area (Å²) in [6, 6.07) is 41.8. The third kappa shape index (κ3) is 5.19. The second kappa shape index (κ2) is 11.9. The van der Waals surface area contributed by atoms with Crippen molar-refractivity contribution in [2.45, 2.75) is 59.3 Å². The summed E-state index contributed by atoms with van der Waals surface area (Å²) in [4.78, 5) is 0. The van der Waals surface area contributed by atoms with Crippen LogP contribution in [0.1, 0.15) is 76.4 Å². The fraction of sp³-hybridized carbons (Fsp3) is 0.176. The maximum atomic E-state index is 6.59. The summed E-state index contributed by atoms with van der Waals surface area (Å²) >= 11 is 0. The van der Waals surface area contributed by atoms with E-state index in [9.17, 15) is 0 Å². The van der Waals surface area contributed by atoms with Crippen LogP contribution in [0.2, 0.25) is 0 Å². The van der Waals surface area contributed by atoms with Crippen molar-refractivity contribution >= 4 is 50.9 Å². The number of hydrogen-bond acceptors (Lipinski definition) is 2. The maximum absolute atomic E-state index is 6.59. The number of allylic oxidation sites excluding steroid dienone is 1. The minimum atomic E-state index is 0.0234. The van der Waals surface area contributed by atoms with E-state index in [0.717, 1.165) is 56.7 Å². The van der Waals surface area contributed by atoms with Crippen LogP contribution >= 0.6 is 0 Å². The van der Waals surface area contributed by atoms with Gasteiger partial charge in [-0.2, -0.15) is 0 Å². The smallest absolute Gasteiger partial charge is 0.152 e. The van der Waals surface area contributed by atoms with Crippen molar-refractivity contribution in [3.05, 3.63) is 149 Å². The number of hydrogen-bond donors (Lipinski definition) is 0. The molecule has 0 bridgehead atoms. The van der Waals surface area contributed by atoms with Gasteiger partial charge in [-0.05, 0) is 106 Å². The molecule has 0 N–H and O–H groups in total. The molecule has 0 unspecified atom stereocenters. The molecule has 4 heterocycles. The van der Waals surface area contributed by atoms with Gasteiger partial charge in [-0.1, -0.05) is 120 Å². The molecule has 0 spiro atoms. The van der Waals surface area contributed by atoms with Gasteiger partial charge in [0.1, 0.15) is 0 Å². The van der Waals surface area contributed by atoms with Crippen LogP contribution in [0.25, 0.3) is 73.4 Å². The Labute approximate surface area is 322 Å². The predicted octanol–water partition coefficient (Wildman–Crippen LogP) is 14.4. The summed E-state index contributed by atoms with van der Waals surface area (Å²) in [5, 5.41) is 3.58. The molecule has 55 heavy (non-hydrogen) atoms. The second-order valence-corrected chi connectivity index (χ2v) is 17.0. The van der Waals surface area contributed by atoms with Crippen LogP contribution in [0.15, 0.2) is 121 Å². The monoisotopic (exact) mass is 716 g/mol. The van der Waals surface area contributed by atoms with Gasteiger partial charge in [0.25, 0.3) is 0 Å². The highest BCUT2D eigenvalue weighted by Crippen LogP contribution is 2.48. The lowest BCUT2D eigenvalue weighted by molar-refractivity contribution is 0.471. The predicted molar refractivity (Wildman–Crippen MR) is 231 cm³/mol. The average Bonchev–Trinajstić information content (AvgIpc) is 3.67. The molecule has 0 saturated heterocycles. The number of fused-ring (bicyclic) bond motifs is 7. The molecular weight excluding hydrogens is 673 g/mol. The van der Waals surface area contributed by atoms with Crippen LogP contribution in [-0.2, 0) is 10.8 Å². The molecule has 6 aromatic carbocycles. The Morgan fingerprint density at radius 3 is 1.75 bits per heavy atom. The van der Waals surface area contributed by atoms with E-state index < -0.39 is 0 Å². The topological polar surface area (TPSA) is 28.3 Å². The molecule has 0 aliphatic carbocycles. The van der Waals surface area contributed by atoms with E-state index in [0.29, 0.717) is 0 Å². The van der Waals surface area contributed by atoms with Gasteiger partial charge in [0, 0.05) is 21.7 Å². The molecule has 10 rings (SSSR count). The van der Waals surface area contributed by atoms with Crippen molar-refractivity contribution < 1.29 is 9.47 Å². The Kier molecular flexibility index (Phi) is 7.19. The number of benzene rings is 6. The van der Waals surface area contributed by atoms with Crippen molar-refractivity contribution in [2.75, 3.05) is 0 Å². The van der Waals surface area contributed by atoms with Gasteiger partial charge in [0.2, 0.25) is 0 Å². The Morgan fingerprint density at radius 2 is 1.09 bits per heavy atom. The Balaban J connectivity index is 1.05. The molecule has 4 nitrogen and oxygen atoms in total. The highest BCUT2D eigenvalue weighted by Gasteiger charge is 2.28. The minimum absolute atomic E-state index is 0.0234. The molecular formula is C51H44N2O2. The van der Waals surface area contributed by atoms with E-state index in [-0.39, 0.29) is 10.8 Å². The van der Waals surface area contributed by atoms with Crippen LogP contribution in [0, 0.1) is 0 Å². The lowest BCUT2D eigenvalue weighted by Crippen LogP contribution is -2.13. The molecule has 0 atom stereocenters. The molecule has 2 aromatic heterocycles. The van der Waals surface area contributed by atoms with Gasteiger partial charge < -0.3 is 18.6 Å². The fourth-order valence-electron chi connectivity index (χ4n) is 8.46. The van der Waals surface area contributed by atoms with Crippen LogP contribution in [0.4, 0.5) is 0 Å². The van der Waals surface area contributed by atoms with Crippen LogP contribution in [0.5, 0.6) is 23.0 Å². The van der Waals surface area contributed by atoms with Crippen molar-refractivity contribution in [1.82, 2.24) is 9.13 Å². The Morgan fingerprint density at radius 1 is 0.491 bits per heavy atom. The zero-order valence-corrected chi connectivity index (χ0v) is 32.5. The zero-order valence-electron chi connectivity index (χ0n) is 32.5. The first-order valence-corrected chi connectivity index (χ1v) is 19.3. The summed E-state index contributed by atoms with van der Waals surface area (Å²) in [6.07, 6.45) is 8.85. The third-order valence-electron chi connectivity index (χ3n) is 11.3. The number of nitrogens with zero attached hydrogens (tertiary/aromatic N) is 2. The van der Waals surface area contributed by atoms with E-state index in [2.05, 4.69) is 197 Å². The number of ether oxygens (including phenoxy) is 2. The fourth-order valence-corrected chi connectivity index (χ4v) is 8.46. The van der Waals surface area contributed by atoms with Crippen molar-refractivity contribution in [3.63, 3.8) is 0 Å². The van der Waals surface area contributed by atoms with Crippen LogP contribution < -0.4 is 9.47 Å². The summed E-state index contributed by atoms with van der Waals surface area (Å²) in [5.74, 6) is 3.57. The maximum Gasteiger partial charge on any atom is 0.152 e. The third-order valence-corrected chi connectivity index (χ3v) is 11.3. The molecule has 0 radical (unpaired) electrons. The average molecular weight is 717 g/mol. The first-order chi connectivity index (χ1) is 26.5. The first kappa shape index (κ1) is 33.3. The molecule has 8 aromatic rings. The van der Waals surface area contributed by atoms with E-state index in [1.807, 2.05) is 0 Å². The highest BCUT2D eigenvalue weighted by atomic mass is 16.5. The van der Waals surface area contributed by atoms with Crippen LogP contribution in [-0.4, -0.2) is 9.13 Å². The standard InChI is InChI=1S/C51H44N2O2/c1-8-12-40-36(37-15-10-17-44-48(37)52(40)42-25-21-34(50(2,3)4)29-46(42)54-44)23-19-31-13-9-14-32(27-31)33-20-24-41-39(28-33)38-16-11-18-45-49(38)53(41)43-26-22-35(51(5,6)7)30-47(43)55-45/h8-30H,1-7H3/b12-8-,23-19+. The number of aromatic nitrogens is 2. The molecule has 2 aliphatic heterocycles. The minimum Gasteiger partial charge on any atom is -0.453 e.